The molecule has 0 saturated carbocycles. The quantitative estimate of drug-likeness (QED) is 0.893. The van der Waals surface area contributed by atoms with E-state index in [1.807, 2.05) is 38.7 Å². The van der Waals surface area contributed by atoms with Crippen molar-refractivity contribution < 1.29 is 0 Å². The van der Waals surface area contributed by atoms with Gasteiger partial charge < -0.3 is 5.32 Å². The zero-order chi connectivity index (χ0) is 13.1. The molecule has 0 fully saturated rings. The van der Waals surface area contributed by atoms with Crippen LogP contribution in [-0.2, 0) is 13.5 Å². The number of hydrogen-bond acceptors (Lipinski definition) is 3. The first-order chi connectivity index (χ1) is 8.60. The van der Waals surface area contributed by atoms with Gasteiger partial charge in [0, 0.05) is 24.9 Å². The second-order valence-corrected chi connectivity index (χ2v) is 4.65. The molecule has 4 heteroatoms. The second-order valence-electron chi connectivity index (χ2n) is 4.65. The molecule has 0 aliphatic carbocycles. The van der Waals surface area contributed by atoms with E-state index in [-0.39, 0.29) is 6.04 Å². The fraction of sp³-hybridized carbons (Fsp3) is 0.429. The molecular weight excluding hydrogens is 224 g/mol. The zero-order valence-electron chi connectivity index (χ0n) is 11.4. The molecule has 96 valence electrons. The Morgan fingerprint density at radius 2 is 2.06 bits per heavy atom. The molecule has 0 radical (unpaired) electrons. The Bertz CT molecular complexity index is 530. The van der Waals surface area contributed by atoms with Crippen molar-refractivity contribution in [2.24, 2.45) is 7.05 Å². The molecular formula is C14H20N4. The molecule has 1 atom stereocenters. The summed E-state index contributed by atoms with van der Waals surface area (Å²) in [6, 6.07) is 8.48. The van der Waals surface area contributed by atoms with Crippen LogP contribution in [0, 0.1) is 13.8 Å². The van der Waals surface area contributed by atoms with Gasteiger partial charge in [-0.15, -0.1) is 0 Å². The van der Waals surface area contributed by atoms with Gasteiger partial charge >= 0.3 is 0 Å². The maximum absolute atomic E-state index is 4.58. The van der Waals surface area contributed by atoms with Crippen molar-refractivity contribution in [2.45, 2.75) is 26.3 Å². The van der Waals surface area contributed by atoms with Gasteiger partial charge in [-0.25, -0.2) is 0 Å². The number of aromatic nitrogens is 3. The van der Waals surface area contributed by atoms with Crippen LogP contribution in [0.3, 0.4) is 0 Å². The van der Waals surface area contributed by atoms with Crippen LogP contribution < -0.4 is 5.32 Å². The lowest BCUT2D eigenvalue weighted by atomic mass is 10.1. The van der Waals surface area contributed by atoms with Crippen molar-refractivity contribution in [1.82, 2.24) is 20.1 Å². The van der Waals surface area contributed by atoms with Gasteiger partial charge in [0.2, 0.25) is 0 Å². The predicted octanol–water partition coefficient (Wildman–Crippen LogP) is 1.94. The molecule has 2 aromatic heterocycles. The van der Waals surface area contributed by atoms with E-state index in [1.165, 1.54) is 5.69 Å². The number of nitrogens with zero attached hydrogens (tertiary/aromatic N) is 3. The molecule has 0 aromatic carbocycles. The van der Waals surface area contributed by atoms with Crippen molar-refractivity contribution in [3.05, 3.63) is 47.0 Å². The van der Waals surface area contributed by atoms with Crippen LogP contribution in [0.15, 0.2) is 24.3 Å². The minimum Gasteiger partial charge on any atom is -0.311 e. The molecule has 1 N–H and O–H groups in total. The van der Waals surface area contributed by atoms with Crippen LogP contribution >= 0.6 is 0 Å². The summed E-state index contributed by atoms with van der Waals surface area (Å²) < 4.78 is 1.94. The van der Waals surface area contributed by atoms with E-state index in [0.29, 0.717) is 0 Å². The number of aryl methyl sites for hydroxylation is 3. The summed E-state index contributed by atoms with van der Waals surface area (Å²) in [6.45, 7) is 4.03. The zero-order valence-corrected chi connectivity index (χ0v) is 11.4. The van der Waals surface area contributed by atoms with Crippen molar-refractivity contribution in [3.63, 3.8) is 0 Å². The Morgan fingerprint density at radius 1 is 1.28 bits per heavy atom. The van der Waals surface area contributed by atoms with Crippen LogP contribution in [0.25, 0.3) is 0 Å². The summed E-state index contributed by atoms with van der Waals surface area (Å²) >= 11 is 0. The van der Waals surface area contributed by atoms with Crippen molar-refractivity contribution in [3.8, 4) is 0 Å². The average molecular weight is 244 g/mol. The van der Waals surface area contributed by atoms with Crippen molar-refractivity contribution in [1.29, 1.82) is 0 Å². The summed E-state index contributed by atoms with van der Waals surface area (Å²) in [5, 5.41) is 7.71. The average Bonchev–Trinajstić information content (AvgIpc) is 2.64. The summed E-state index contributed by atoms with van der Waals surface area (Å²) in [4.78, 5) is 4.58. The molecule has 4 nitrogen and oxygen atoms in total. The van der Waals surface area contributed by atoms with Gasteiger partial charge in [-0.3, -0.25) is 9.67 Å². The summed E-state index contributed by atoms with van der Waals surface area (Å²) in [6.07, 6.45) is 0.893. The van der Waals surface area contributed by atoms with Gasteiger partial charge in [-0.1, -0.05) is 6.07 Å². The Kier molecular flexibility index (Phi) is 3.77. The lowest BCUT2D eigenvalue weighted by molar-refractivity contribution is 0.548. The molecule has 18 heavy (non-hydrogen) atoms. The molecule has 2 heterocycles. The van der Waals surface area contributed by atoms with Crippen LogP contribution in [0.1, 0.15) is 28.8 Å². The first-order valence-electron chi connectivity index (χ1n) is 6.20. The number of likely N-dealkylation sites (N-methyl/N-ethyl adjacent to an activating group) is 1. The van der Waals surface area contributed by atoms with Crippen LogP contribution in [0.2, 0.25) is 0 Å². The summed E-state index contributed by atoms with van der Waals surface area (Å²) in [5.74, 6) is 0. The number of rotatable bonds is 4. The van der Waals surface area contributed by atoms with Gasteiger partial charge in [-0.2, -0.15) is 5.10 Å². The SMILES string of the molecule is CNC(Cc1cc(C)nn1C)c1cccc(C)n1. The first kappa shape index (κ1) is 12.8. The molecule has 0 aliphatic rings. The van der Waals surface area contributed by atoms with Crippen molar-refractivity contribution in [2.75, 3.05) is 7.05 Å². The smallest absolute Gasteiger partial charge is 0.0596 e. The van der Waals surface area contributed by atoms with Crippen LogP contribution in [0.4, 0.5) is 0 Å². The molecule has 0 amide bonds. The predicted molar refractivity (Wildman–Crippen MR) is 72.4 cm³/mol. The lowest BCUT2D eigenvalue weighted by Crippen LogP contribution is -2.21. The van der Waals surface area contributed by atoms with Crippen LogP contribution in [0.5, 0.6) is 0 Å². The van der Waals surface area contributed by atoms with E-state index in [1.54, 1.807) is 0 Å². The van der Waals surface area contributed by atoms with Gasteiger partial charge in [0.25, 0.3) is 0 Å². The van der Waals surface area contributed by atoms with E-state index in [0.717, 1.165) is 23.5 Å². The molecule has 1 unspecified atom stereocenters. The molecule has 0 bridgehead atoms. The molecule has 0 aliphatic heterocycles. The number of hydrogen-bond donors (Lipinski definition) is 1. The van der Waals surface area contributed by atoms with Crippen LogP contribution in [-0.4, -0.2) is 21.8 Å². The minimum atomic E-state index is 0.222. The van der Waals surface area contributed by atoms with Crippen molar-refractivity contribution >= 4 is 0 Å². The third kappa shape index (κ3) is 2.76. The number of pyridine rings is 1. The fourth-order valence-corrected chi connectivity index (χ4v) is 2.18. The molecule has 0 spiro atoms. The third-order valence-corrected chi connectivity index (χ3v) is 3.13. The highest BCUT2D eigenvalue weighted by Gasteiger charge is 2.14. The van der Waals surface area contributed by atoms with E-state index >= 15 is 0 Å². The highest BCUT2D eigenvalue weighted by atomic mass is 15.3. The Labute approximate surface area is 108 Å². The Hall–Kier alpha value is -1.68. The fourth-order valence-electron chi connectivity index (χ4n) is 2.18. The normalized spacial score (nSPS) is 12.7. The van der Waals surface area contributed by atoms with E-state index < -0.39 is 0 Å². The highest BCUT2D eigenvalue weighted by molar-refractivity contribution is 5.17. The monoisotopic (exact) mass is 244 g/mol. The van der Waals surface area contributed by atoms with Gasteiger partial charge in [0.1, 0.15) is 0 Å². The molecule has 0 saturated heterocycles. The summed E-state index contributed by atoms with van der Waals surface area (Å²) in [7, 11) is 3.95. The maximum Gasteiger partial charge on any atom is 0.0596 e. The maximum atomic E-state index is 4.58. The molecule has 2 aromatic rings. The number of nitrogens with one attached hydrogen (secondary N) is 1. The van der Waals surface area contributed by atoms with E-state index in [4.69, 9.17) is 0 Å². The molecule has 2 rings (SSSR count). The summed E-state index contributed by atoms with van der Waals surface area (Å²) in [5.41, 5.74) is 4.40. The largest absolute Gasteiger partial charge is 0.311 e. The van der Waals surface area contributed by atoms with Gasteiger partial charge in [0.15, 0.2) is 0 Å². The Balaban J connectivity index is 2.22. The third-order valence-electron chi connectivity index (χ3n) is 3.13. The van der Waals surface area contributed by atoms with Gasteiger partial charge in [-0.05, 0) is 39.1 Å². The highest BCUT2D eigenvalue weighted by Crippen LogP contribution is 2.17. The van der Waals surface area contributed by atoms with Gasteiger partial charge in [0.05, 0.1) is 17.4 Å². The van der Waals surface area contributed by atoms with E-state index in [2.05, 4.69) is 33.6 Å². The topological polar surface area (TPSA) is 42.7 Å². The minimum absolute atomic E-state index is 0.222. The van der Waals surface area contributed by atoms with E-state index in [9.17, 15) is 0 Å². The Morgan fingerprint density at radius 3 is 2.61 bits per heavy atom. The second kappa shape index (κ2) is 5.31. The lowest BCUT2D eigenvalue weighted by Gasteiger charge is -2.16. The first-order valence-corrected chi connectivity index (χ1v) is 6.20. The standard InChI is InChI=1S/C14H20N4/c1-10-6-5-7-13(16-10)14(15-3)9-12-8-11(2)17-18(12)4/h5-8,14-15H,9H2,1-4H3.